The van der Waals surface area contributed by atoms with Crippen LogP contribution >= 0.6 is 0 Å². The number of piperidine rings is 1. The molecule has 0 spiro atoms. The first-order valence-electron chi connectivity index (χ1n) is 8.52. The van der Waals surface area contributed by atoms with Crippen LogP contribution in [0.3, 0.4) is 0 Å². The summed E-state index contributed by atoms with van der Waals surface area (Å²) in [6.45, 7) is 5.31. The Morgan fingerprint density at radius 3 is 2.32 bits per heavy atom. The second-order valence-electron chi connectivity index (χ2n) is 6.52. The molecule has 1 aliphatic heterocycles. The third-order valence-electron chi connectivity index (χ3n) is 4.51. The molecule has 1 fully saturated rings. The first-order chi connectivity index (χ1) is 12.0. The van der Waals surface area contributed by atoms with E-state index in [1.54, 1.807) is 18.3 Å². The zero-order chi connectivity index (χ0) is 17.8. The lowest BCUT2D eigenvalue weighted by molar-refractivity contribution is 0.0690. The number of likely N-dealkylation sites (tertiary alicyclic amines) is 1. The topological polar surface area (TPSA) is 75.2 Å². The van der Waals surface area contributed by atoms with Gasteiger partial charge in [0.25, 0.3) is 5.91 Å². The van der Waals surface area contributed by atoms with Crippen molar-refractivity contribution in [2.24, 2.45) is 5.92 Å². The molecular weight excluding hydrogens is 316 g/mol. The first-order valence-corrected chi connectivity index (χ1v) is 8.52. The summed E-state index contributed by atoms with van der Waals surface area (Å²) in [4.78, 5) is 34.1. The highest BCUT2D eigenvalue weighted by molar-refractivity contribution is 5.94. The number of hydrogen-bond donors (Lipinski definition) is 1. The summed E-state index contributed by atoms with van der Waals surface area (Å²) in [7, 11) is 0. The van der Waals surface area contributed by atoms with Gasteiger partial charge in [-0.3, -0.25) is 9.59 Å². The van der Waals surface area contributed by atoms with Crippen LogP contribution < -0.4 is 5.32 Å². The van der Waals surface area contributed by atoms with Gasteiger partial charge in [0.15, 0.2) is 5.78 Å². The molecule has 1 amide bonds. The van der Waals surface area contributed by atoms with Gasteiger partial charge in [-0.2, -0.15) is 0 Å². The van der Waals surface area contributed by atoms with Crippen LogP contribution in [0.2, 0.25) is 0 Å². The molecule has 1 aliphatic rings. The number of carbonyl (C=O) groups is 2. The second-order valence-corrected chi connectivity index (χ2v) is 6.52. The van der Waals surface area contributed by atoms with Crippen LogP contribution in [0.15, 0.2) is 36.7 Å². The monoisotopic (exact) mass is 338 g/mol. The van der Waals surface area contributed by atoms with Crippen molar-refractivity contribution in [3.63, 3.8) is 0 Å². The minimum Gasteiger partial charge on any atom is -0.339 e. The SMILES string of the molecule is CC(=O)c1ccc(Nc2cnc(C(=O)N3CCC(C)CC3)cn2)cc1. The number of rotatable bonds is 4. The summed E-state index contributed by atoms with van der Waals surface area (Å²) >= 11 is 0. The Balaban J connectivity index is 1.63. The number of Topliss-reactive ketones (excluding diaryl/α,β-unsaturated/α-hetero) is 1. The van der Waals surface area contributed by atoms with Crippen molar-refractivity contribution in [3.8, 4) is 0 Å². The van der Waals surface area contributed by atoms with Crippen molar-refractivity contribution in [3.05, 3.63) is 47.9 Å². The fourth-order valence-electron chi connectivity index (χ4n) is 2.81. The van der Waals surface area contributed by atoms with Crippen LogP contribution in [0.5, 0.6) is 0 Å². The molecule has 6 heteroatoms. The minimum atomic E-state index is -0.0586. The zero-order valence-corrected chi connectivity index (χ0v) is 14.5. The lowest BCUT2D eigenvalue weighted by Gasteiger charge is -2.29. The van der Waals surface area contributed by atoms with Crippen molar-refractivity contribution in [1.82, 2.24) is 14.9 Å². The number of carbonyl (C=O) groups excluding carboxylic acids is 2. The summed E-state index contributed by atoms with van der Waals surface area (Å²) < 4.78 is 0. The largest absolute Gasteiger partial charge is 0.339 e. The molecule has 3 rings (SSSR count). The number of amides is 1. The van der Waals surface area contributed by atoms with E-state index in [0.717, 1.165) is 31.6 Å². The van der Waals surface area contributed by atoms with Crippen LogP contribution in [0.25, 0.3) is 0 Å². The average molecular weight is 338 g/mol. The molecule has 0 atom stereocenters. The maximum absolute atomic E-state index is 12.4. The summed E-state index contributed by atoms with van der Waals surface area (Å²) in [6.07, 6.45) is 5.13. The number of ketones is 1. The normalized spacial score (nSPS) is 15.0. The molecule has 2 heterocycles. The number of nitrogens with zero attached hydrogens (tertiary/aromatic N) is 3. The molecule has 0 radical (unpaired) electrons. The molecule has 0 unspecified atom stereocenters. The number of benzene rings is 1. The number of aromatic nitrogens is 2. The number of hydrogen-bond acceptors (Lipinski definition) is 5. The van der Waals surface area contributed by atoms with E-state index >= 15 is 0 Å². The maximum Gasteiger partial charge on any atom is 0.274 e. The molecule has 0 saturated carbocycles. The van der Waals surface area contributed by atoms with Gasteiger partial charge in [-0.15, -0.1) is 0 Å². The van der Waals surface area contributed by atoms with E-state index < -0.39 is 0 Å². The second kappa shape index (κ2) is 7.42. The van der Waals surface area contributed by atoms with Gasteiger partial charge in [0.1, 0.15) is 11.5 Å². The smallest absolute Gasteiger partial charge is 0.274 e. The third-order valence-corrected chi connectivity index (χ3v) is 4.51. The van der Waals surface area contributed by atoms with Crippen LogP contribution in [0.1, 0.15) is 47.5 Å². The fraction of sp³-hybridized carbons (Fsp3) is 0.368. The van der Waals surface area contributed by atoms with Gasteiger partial charge in [-0.1, -0.05) is 6.92 Å². The van der Waals surface area contributed by atoms with Crippen LogP contribution in [-0.4, -0.2) is 39.6 Å². The average Bonchev–Trinajstić information content (AvgIpc) is 2.63. The Kier molecular flexibility index (Phi) is 5.07. The highest BCUT2D eigenvalue weighted by atomic mass is 16.2. The van der Waals surface area contributed by atoms with Gasteiger partial charge in [0, 0.05) is 24.3 Å². The zero-order valence-electron chi connectivity index (χ0n) is 14.5. The lowest BCUT2D eigenvalue weighted by atomic mass is 9.99. The van der Waals surface area contributed by atoms with Crippen molar-refractivity contribution in [1.29, 1.82) is 0 Å². The predicted molar refractivity (Wildman–Crippen MR) is 96.1 cm³/mol. The molecule has 130 valence electrons. The van der Waals surface area contributed by atoms with E-state index in [-0.39, 0.29) is 11.7 Å². The summed E-state index contributed by atoms with van der Waals surface area (Å²) in [5.74, 6) is 1.20. The number of nitrogens with one attached hydrogen (secondary N) is 1. The molecule has 1 saturated heterocycles. The summed E-state index contributed by atoms with van der Waals surface area (Å²) in [5.41, 5.74) is 1.84. The van der Waals surface area contributed by atoms with Gasteiger partial charge >= 0.3 is 0 Å². The molecule has 1 aromatic carbocycles. The highest BCUT2D eigenvalue weighted by Gasteiger charge is 2.22. The van der Waals surface area contributed by atoms with E-state index in [0.29, 0.717) is 23.0 Å². The molecule has 0 aliphatic carbocycles. The Morgan fingerprint density at radius 1 is 1.08 bits per heavy atom. The summed E-state index contributed by atoms with van der Waals surface area (Å²) in [5, 5.41) is 3.11. The van der Waals surface area contributed by atoms with Crippen molar-refractivity contribution >= 4 is 23.2 Å². The van der Waals surface area contributed by atoms with E-state index in [4.69, 9.17) is 0 Å². The fourth-order valence-corrected chi connectivity index (χ4v) is 2.81. The standard InChI is InChI=1S/C19H22N4O2/c1-13-7-9-23(10-8-13)19(25)17-11-21-18(12-20-17)22-16-5-3-15(4-6-16)14(2)24/h3-6,11-13H,7-10H2,1-2H3,(H,21,22). The van der Waals surface area contributed by atoms with Crippen molar-refractivity contribution in [2.45, 2.75) is 26.7 Å². The van der Waals surface area contributed by atoms with Crippen LogP contribution in [-0.2, 0) is 0 Å². The third kappa shape index (κ3) is 4.21. The van der Waals surface area contributed by atoms with E-state index in [9.17, 15) is 9.59 Å². The van der Waals surface area contributed by atoms with Gasteiger partial charge in [-0.25, -0.2) is 9.97 Å². The molecule has 1 aromatic heterocycles. The molecule has 0 bridgehead atoms. The predicted octanol–water partition coefficient (Wildman–Crippen LogP) is 3.29. The van der Waals surface area contributed by atoms with Crippen molar-refractivity contribution < 1.29 is 9.59 Å². The van der Waals surface area contributed by atoms with Crippen LogP contribution in [0, 0.1) is 5.92 Å². The van der Waals surface area contributed by atoms with Gasteiger partial charge in [-0.05, 0) is 49.9 Å². The Morgan fingerprint density at radius 2 is 1.76 bits per heavy atom. The molecule has 25 heavy (non-hydrogen) atoms. The minimum absolute atomic E-state index is 0.0290. The Hall–Kier alpha value is -2.76. The van der Waals surface area contributed by atoms with Gasteiger partial charge in [0.05, 0.1) is 12.4 Å². The quantitative estimate of drug-likeness (QED) is 0.866. The highest BCUT2D eigenvalue weighted by Crippen LogP contribution is 2.18. The van der Waals surface area contributed by atoms with Crippen molar-refractivity contribution in [2.75, 3.05) is 18.4 Å². The van der Waals surface area contributed by atoms with Crippen LogP contribution in [0.4, 0.5) is 11.5 Å². The summed E-state index contributed by atoms with van der Waals surface area (Å²) in [6, 6.07) is 7.14. The molecule has 1 N–H and O–H groups in total. The first kappa shape index (κ1) is 17.1. The molecule has 2 aromatic rings. The van der Waals surface area contributed by atoms with Gasteiger partial charge < -0.3 is 10.2 Å². The molecular formula is C19H22N4O2. The van der Waals surface area contributed by atoms with E-state index in [1.165, 1.54) is 13.1 Å². The van der Waals surface area contributed by atoms with E-state index in [1.807, 2.05) is 17.0 Å². The number of anilines is 2. The van der Waals surface area contributed by atoms with E-state index in [2.05, 4.69) is 22.2 Å². The Labute approximate surface area is 147 Å². The maximum atomic E-state index is 12.4. The molecule has 6 nitrogen and oxygen atoms in total. The Bertz CT molecular complexity index is 748. The van der Waals surface area contributed by atoms with Gasteiger partial charge in [0.2, 0.25) is 0 Å². The lowest BCUT2D eigenvalue weighted by Crippen LogP contribution is -2.38.